The fourth-order valence-corrected chi connectivity index (χ4v) is 2.79. The average molecular weight is 342 g/mol. The largest absolute Gasteiger partial charge is 0.271 e. The maximum atomic E-state index is 5.76. The van der Waals surface area contributed by atoms with Crippen molar-refractivity contribution in [2.45, 2.75) is 12.5 Å². The number of hydrazine groups is 1. The van der Waals surface area contributed by atoms with Gasteiger partial charge in [-0.3, -0.25) is 16.3 Å². The van der Waals surface area contributed by atoms with Gasteiger partial charge < -0.3 is 0 Å². The first-order valence-electron chi connectivity index (χ1n) is 6.82. The number of fused-ring (bicyclic) bond motifs is 1. The highest BCUT2D eigenvalue weighted by molar-refractivity contribution is 9.10. The Morgan fingerprint density at radius 3 is 2.57 bits per heavy atom. The molecule has 0 bridgehead atoms. The standard InChI is InChI=1S/C17H16BrN3/c18-14-7-5-12(6-8-14)17(21-19)11-13-9-10-20-16-4-2-1-3-15(13)16/h1-10,17,21H,11,19H2. The van der Waals surface area contributed by atoms with E-state index in [0.717, 1.165) is 16.4 Å². The van der Waals surface area contributed by atoms with Gasteiger partial charge in [-0.1, -0.05) is 46.3 Å². The van der Waals surface area contributed by atoms with E-state index in [1.807, 2.05) is 36.5 Å². The molecule has 1 unspecified atom stereocenters. The molecule has 0 aliphatic carbocycles. The zero-order valence-corrected chi connectivity index (χ0v) is 13.0. The van der Waals surface area contributed by atoms with Crippen LogP contribution in [0.15, 0.2) is 65.3 Å². The van der Waals surface area contributed by atoms with E-state index in [-0.39, 0.29) is 6.04 Å². The van der Waals surface area contributed by atoms with Gasteiger partial charge in [-0.05, 0) is 41.8 Å². The number of nitrogens with zero attached hydrogens (tertiary/aromatic N) is 1. The van der Waals surface area contributed by atoms with Crippen molar-refractivity contribution in [2.75, 3.05) is 0 Å². The van der Waals surface area contributed by atoms with Crippen LogP contribution in [-0.4, -0.2) is 4.98 Å². The molecule has 0 radical (unpaired) electrons. The highest BCUT2D eigenvalue weighted by Gasteiger charge is 2.12. The second kappa shape index (κ2) is 6.35. The molecule has 1 aromatic heterocycles. The van der Waals surface area contributed by atoms with Crippen LogP contribution >= 0.6 is 15.9 Å². The van der Waals surface area contributed by atoms with E-state index in [2.05, 4.69) is 50.6 Å². The van der Waals surface area contributed by atoms with Crippen molar-refractivity contribution in [3.05, 3.63) is 76.4 Å². The number of aromatic nitrogens is 1. The quantitative estimate of drug-likeness (QED) is 0.561. The van der Waals surface area contributed by atoms with Crippen LogP contribution in [0.3, 0.4) is 0 Å². The minimum atomic E-state index is 0.0731. The van der Waals surface area contributed by atoms with E-state index in [9.17, 15) is 0 Å². The first-order chi connectivity index (χ1) is 10.3. The molecule has 1 atom stereocenters. The molecule has 0 aliphatic heterocycles. The lowest BCUT2D eigenvalue weighted by atomic mass is 9.97. The van der Waals surface area contributed by atoms with Crippen molar-refractivity contribution < 1.29 is 0 Å². The monoisotopic (exact) mass is 341 g/mol. The van der Waals surface area contributed by atoms with Crippen LogP contribution in [0.25, 0.3) is 10.9 Å². The van der Waals surface area contributed by atoms with E-state index in [4.69, 9.17) is 5.84 Å². The van der Waals surface area contributed by atoms with Crippen molar-refractivity contribution in [1.82, 2.24) is 10.4 Å². The number of hydrogen-bond acceptors (Lipinski definition) is 3. The molecule has 0 spiro atoms. The Labute approximate surface area is 132 Å². The van der Waals surface area contributed by atoms with Crippen LogP contribution in [0.1, 0.15) is 17.2 Å². The molecule has 0 saturated heterocycles. The van der Waals surface area contributed by atoms with Crippen LogP contribution in [-0.2, 0) is 6.42 Å². The summed E-state index contributed by atoms with van der Waals surface area (Å²) in [7, 11) is 0. The Bertz CT molecular complexity index is 735. The number of nitrogens with one attached hydrogen (secondary N) is 1. The molecule has 0 fully saturated rings. The lowest BCUT2D eigenvalue weighted by Crippen LogP contribution is -2.29. The summed E-state index contributed by atoms with van der Waals surface area (Å²) in [5.74, 6) is 5.76. The maximum Gasteiger partial charge on any atom is 0.0704 e. The molecule has 106 valence electrons. The third-order valence-corrected chi connectivity index (χ3v) is 4.17. The van der Waals surface area contributed by atoms with Gasteiger partial charge in [0.05, 0.1) is 11.6 Å². The summed E-state index contributed by atoms with van der Waals surface area (Å²) >= 11 is 3.46. The Balaban J connectivity index is 1.94. The smallest absolute Gasteiger partial charge is 0.0704 e. The number of halogens is 1. The molecule has 1 heterocycles. The van der Waals surface area contributed by atoms with Gasteiger partial charge in [0, 0.05) is 16.1 Å². The van der Waals surface area contributed by atoms with E-state index >= 15 is 0 Å². The van der Waals surface area contributed by atoms with E-state index in [1.165, 1.54) is 16.5 Å². The van der Waals surface area contributed by atoms with Crippen molar-refractivity contribution in [3.63, 3.8) is 0 Å². The lowest BCUT2D eigenvalue weighted by Gasteiger charge is -2.17. The highest BCUT2D eigenvalue weighted by Crippen LogP contribution is 2.24. The maximum absolute atomic E-state index is 5.76. The summed E-state index contributed by atoms with van der Waals surface area (Å²) in [4.78, 5) is 4.40. The third kappa shape index (κ3) is 3.13. The normalized spacial score (nSPS) is 12.5. The van der Waals surface area contributed by atoms with Gasteiger partial charge in [0.2, 0.25) is 0 Å². The van der Waals surface area contributed by atoms with Crippen molar-refractivity contribution in [2.24, 2.45) is 5.84 Å². The molecule has 2 aromatic carbocycles. The van der Waals surface area contributed by atoms with E-state index in [1.54, 1.807) is 0 Å². The molecule has 21 heavy (non-hydrogen) atoms. The molecule has 3 N–H and O–H groups in total. The minimum absolute atomic E-state index is 0.0731. The summed E-state index contributed by atoms with van der Waals surface area (Å²) in [6.07, 6.45) is 2.67. The summed E-state index contributed by atoms with van der Waals surface area (Å²) in [6.45, 7) is 0. The zero-order valence-electron chi connectivity index (χ0n) is 11.5. The van der Waals surface area contributed by atoms with Crippen molar-refractivity contribution in [3.8, 4) is 0 Å². The molecular weight excluding hydrogens is 326 g/mol. The van der Waals surface area contributed by atoms with E-state index < -0.39 is 0 Å². The fraction of sp³-hybridized carbons (Fsp3) is 0.118. The minimum Gasteiger partial charge on any atom is -0.271 e. The van der Waals surface area contributed by atoms with Crippen molar-refractivity contribution >= 4 is 26.8 Å². The summed E-state index contributed by atoms with van der Waals surface area (Å²) in [6, 6.07) is 18.5. The second-order valence-electron chi connectivity index (χ2n) is 4.96. The molecule has 3 aromatic rings. The second-order valence-corrected chi connectivity index (χ2v) is 5.88. The first-order valence-corrected chi connectivity index (χ1v) is 7.61. The van der Waals surface area contributed by atoms with Crippen LogP contribution in [0.5, 0.6) is 0 Å². The number of hydrogen-bond donors (Lipinski definition) is 2. The Morgan fingerprint density at radius 1 is 1.05 bits per heavy atom. The van der Waals surface area contributed by atoms with Crippen molar-refractivity contribution in [1.29, 1.82) is 0 Å². The molecule has 0 aliphatic rings. The van der Waals surface area contributed by atoms with Crippen LogP contribution in [0.4, 0.5) is 0 Å². The number of nitrogens with two attached hydrogens (primary N) is 1. The predicted molar refractivity (Wildman–Crippen MR) is 89.7 cm³/mol. The molecule has 4 heteroatoms. The van der Waals surface area contributed by atoms with Crippen LogP contribution in [0.2, 0.25) is 0 Å². The molecule has 3 rings (SSSR count). The Kier molecular flexibility index (Phi) is 4.29. The van der Waals surface area contributed by atoms with Crippen LogP contribution < -0.4 is 11.3 Å². The summed E-state index contributed by atoms with van der Waals surface area (Å²) in [5.41, 5.74) is 6.34. The molecule has 0 amide bonds. The highest BCUT2D eigenvalue weighted by atomic mass is 79.9. The lowest BCUT2D eigenvalue weighted by molar-refractivity contribution is 0.553. The number of benzene rings is 2. The molecular formula is C17H16BrN3. The van der Waals surface area contributed by atoms with Gasteiger partial charge in [0.1, 0.15) is 0 Å². The average Bonchev–Trinajstić information content (AvgIpc) is 2.54. The number of rotatable bonds is 4. The fourth-order valence-electron chi connectivity index (χ4n) is 2.52. The van der Waals surface area contributed by atoms with Gasteiger partial charge >= 0.3 is 0 Å². The Morgan fingerprint density at radius 2 is 1.81 bits per heavy atom. The molecule has 3 nitrogen and oxygen atoms in total. The van der Waals surface area contributed by atoms with Gasteiger partial charge in [0.25, 0.3) is 0 Å². The number of para-hydroxylation sites is 1. The summed E-state index contributed by atoms with van der Waals surface area (Å²) < 4.78 is 1.07. The van der Waals surface area contributed by atoms with Gasteiger partial charge in [-0.2, -0.15) is 0 Å². The third-order valence-electron chi connectivity index (χ3n) is 3.64. The topological polar surface area (TPSA) is 50.9 Å². The first kappa shape index (κ1) is 14.2. The number of pyridine rings is 1. The van der Waals surface area contributed by atoms with Crippen LogP contribution in [0, 0.1) is 0 Å². The summed E-state index contributed by atoms with van der Waals surface area (Å²) in [5, 5.41) is 1.18. The zero-order chi connectivity index (χ0) is 14.7. The Hall–Kier alpha value is -1.75. The van der Waals surface area contributed by atoms with Gasteiger partial charge in [-0.25, -0.2) is 0 Å². The van der Waals surface area contributed by atoms with Gasteiger partial charge in [-0.15, -0.1) is 0 Å². The van der Waals surface area contributed by atoms with Gasteiger partial charge in [0.15, 0.2) is 0 Å². The molecule has 0 saturated carbocycles. The predicted octanol–water partition coefficient (Wildman–Crippen LogP) is 3.74. The SMILES string of the molecule is NNC(Cc1ccnc2ccccc12)c1ccc(Br)cc1. The van der Waals surface area contributed by atoms with E-state index in [0.29, 0.717) is 0 Å².